The minimum Gasteiger partial charge on any atom is -0.278 e. The molecule has 0 unspecified atom stereocenters. The zero-order valence-electron chi connectivity index (χ0n) is 27.8. The number of para-hydroxylation sites is 1. The summed E-state index contributed by atoms with van der Waals surface area (Å²) in [6.45, 7) is 0.428. The molecule has 0 radical (unpaired) electrons. The molecule has 0 saturated heterocycles. The van der Waals surface area contributed by atoms with Gasteiger partial charge in [-0.1, -0.05) is 170 Å². The average Bonchev–Trinajstić information content (AvgIpc) is 3.60. The van der Waals surface area contributed by atoms with Gasteiger partial charge in [0, 0.05) is 16.3 Å². The van der Waals surface area contributed by atoms with Crippen molar-refractivity contribution in [2.24, 2.45) is 15.0 Å². The Balaban J connectivity index is 1.31. The minimum absolute atomic E-state index is 0.428. The smallest absolute Gasteiger partial charge is 0.237 e. The van der Waals surface area contributed by atoms with Gasteiger partial charge in [-0.2, -0.15) is 4.99 Å². The van der Waals surface area contributed by atoms with E-state index in [1.54, 1.807) is 0 Å². The molecule has 51 heavy (non-hydrogen) atoms. The van der Waals surface area contributed by atoms with Crippen LogP contribution >= 0.6 is 0 Å². The number of nitrogens with zero attached hydrogens (tertiary/aromatic N) is 4. The van der Waals surface area contributed by atoms with Gasteiger partial charge in [-0.3, -0.25) is 9.56 Å². The summed E-state index contributed by atoms with van der Waals surface area (Å²) in [7, 11) is 0. The molecule has 10 rings (SSSR count). The van der Waals surface area contributed by atoms with Crippen LogP contribution in [-0.2, 0) is 5.41 Å². The van der Waals surface area contributed by atoms with Gasteiger partial charge in [-0.25, -0.2) is 4.99 Å². The van der Waals surface area contributed by atoms with Crippen molar-refractivity contribution < 1.29 is 0 Å². The van der Waals surface area contributed by atoms with Gasteiger partial charge in [0.15, 0.2) is 5.84 Å². The van der Waals surface area contributed by atoms with Gasteiger partial charge in [0.05, 0.1) is 28.7 Å². The van der Waals surface area contributed by atoms with Gasteiger partial charge in [0.25, 0.3) is 0 Å². The largest absolute Gasteiger partial charge is 0.278 e. The van der Waals surface area contributed by atoms with Crippen LogP contribution in [0.4, 0.5) is 0 Å². The van der Waals surface area contributed by atoms with Gasteiger partial charge in [-0.15, -0.1) is 0 Å². The Bertz CT molecular complexity index is 2650. The molecule has 0 amide bonds. The molecule has 7 aromatic carbocycles. The lowest BCUT2D eigenvalue weighted by atomic mass is 9.67. The maximum Gasteiger partial charge on any atom is 0.237 e. The number of benzene rings is 7. The second-order valence-electron chi connectivity index (χ2n) is 13.1. The summed E-state index contributed by atoms with van der Waals surface area (Å²) in [4.78, 5) is 15.6. The molecule has 4 heteroatoms. The summed E-state index contributed by atoms with van der Waals surface area (Å²) >= 11 is 0. The van der Waals surface area contributed by atoms with Crippen molar-refractivity contribution in [1.29, 1.82) is 0 Å². The summed E-state index contributed by atoms with van der Waals surface area (Å²) < 4.78 is 2.24. The lowest BCUT2D eigenvalue weighted by molar-refractivity contribution is 0.769. The number of hydrogen-bond donors (Lipinski definition) is 0. The van der Waals surface area contributed by atoms with E-state index in [-0.39, 0.29) is 0 Å². The van der Waals surface area contributed by atoms with Crippen LogP contribution in [0.5, 0.6) is 0 Å². The van der Waals surface area contributed by atoms with Crippen LogP contribution in [0.3, 0.4) is 0 Å². The lowest BCUT2D eigenvalue weighted by Crippen LogP contribution is -2.28. The maximum absolute atomic E-state index is 5.34. The molecule has 0 spiro atoms. The van der Waals surface area contributed by atoms with E-state index < -0.39 is 5.41 Å². The summed E-state index contributed by atoms with van der Waals surface area (Å²) in [6.07, 6.45) is 0. The molecule has 240 valence electrons. The molecule has 0 atom stereocenters. The molecule has 1 aromatic heterocycles. The van der Waals surface area contributed by atoms with Crippen molar-refractivity contribution in [3.8, 4) is 11.1 Å². The number of amidine groups is 1. The molecule has 1 aliphatic heterocycles. The van der Waals surface area contributed by atoms with Crippen molar-refractivity contribution in [3.63, 3.8) is 0 Å². The van der Waals surface area contributed by atoms with E-state index in [4.69, 9.17) is 15.0 Å². The van der Waals surface area contributed by atoms with E-state index in [0.29, 0.717) is 18.3 Å². The highest BCUT2D eigenvalue weighted by atomic mass is 15.2. The van der Waals surface area contributed by atoms with Crippen LogP contribution in [0.15, 0.2) is 197 Å². The van der Waals surface area contributed by atoms with E-state index in [9.17, 15) is 0 Å². The monoisotopic (exact) mass is 652 g/mol. The van der Waals surface area contributed by atoms with E-state index in [0.717, 1.165) is 33.3 Å². The quantitative estimate of drug-likeness (QED) is 0.182. The third-order valence-corrected chi connectivity index (χ3v) is 10.4. The Morgan fingerprint density at radius 2 is 1.06 bits per heavy atom. The molecular formula is C47H32N4. The van der Waals surface area contributed by atoms with Gasteiger partial charge >= 0.3 is 0 Å². The fourth-order valence-corrected chi connectivity index (χ4v) is 8.30. The molecule has 2 heterocycles. The van der Waals surface area contributed by atoms with E-state index >= 15 is 0 Å². The highest BCUT2D eigenvalue weighted by Crippen LogP contribution is 2.58. The van der Waals surface area contributed by atoms with Gasteiger partial charge in [0.2, 0.25) is 5.96 Å². The van der Waals surface area contributed by atoms with E-state index in [1.165, 1.54) is 38.8 Å². The molecule has 0 fully saturated rings. The standard InChI is InChI=1S/C47H32N4/c1-5-17-32(18-6-1)40-31-48-45(33-19-7-2-8-20-33)50-46(49-40)51-41-28-16-14-26-37(41)44-42(51)30-29-39-43(44)36-25-13-15-27-38(36)47(39,34-21-9-3-10-22-34)35-23-11-4-12-24-35/h1-30H,31H2. The molecular weight excluding hydrogens is 621 g/mol. The van der Waals surface area contributed by atoms with Crippen LogP contribution in [-0.4, -0.2) is 28.6 Å². The van der Waals surface area contributed by atoms with Gasteiger partial charge in [0.1, 0.15) is 0 Å². The highest BCUT2D eigenvalue weighted by Gasteiger charge is 2.47. The molecule has 0 N–H and O–H groups in total. The first-order valence-corrected chi connectivity index (χ1v) is 17.4. The van der Waals surface area contributed by atoms with Gasteiger partial charge < -0.3 is 0 Å². The lowest BCUT2D eigenvalue weighted by Gasteiger charge is -2.33. The predicted molar refractivity (Wildman–Crippen MR) is 210 cm³/mol. The van der Waals surface area contributed by atoms with Crippen LogP contribution in [0, 0.1) is 0 Å². The van der Waals surface area contributed by atoms with Crippen LogP contribution in [0.2, 0.25) is 0 Å². The third-order valence-electron chi connectivity index (χ3n) is 10.4. The molecule has 1 aliphatic carbocycles. The molecule has 0 bridgehead atoms. The topological polar surface area (TPSA) is 42.0 Å². The van der Waals surface area contributed by atoms with Crippen molar-refractivity contribution in [2.75, 3.05) is 6.54 Å². The Hall–Kier alpha value is -6.65. The predicted octanol–water partition coefficient (Wildman–Crippen LogP) is 10.3. The van der Waals surface area contributed by atoms with Crippen LogP contribution in [0.25, 0.3) is 32.9 Å². The van der Waals surface area contributed by atoms with Crippen LogP contribution < -0.4 is 0 Å². The molecule has 4 nitrogen and oxygen atoms in total. The van der Waals surface area contributed by atoms with E-state index in [2.05, 4.69) is 150 Å². The summed E-state index contributed by atoms with van der Waals surface area (Å²) in [5.41, 5.74) is 12.1. The number of rotatable bonds is 4. The van der Waals surface area contributed by atoms with Crippen LogP contribution in [0.1, 0.15) is 33.4 Å². The first-order chi connectivity index (χ1) is 25.3. The van der Waals surface area contributed by atoms with Crippen molar-refractivity contribution in [3.05, 3.63) is 215 Å². The van der Waals surface area contributed by atoms with Crippen molar-refractivity contribution in [1.82, 2.24) is 4.57 Å². The fourth-order valence-electron chi connectivity index (χ4n) is 8.30. The number of hydrogen-bond acceptors (Lipinski definition) is 3. The summed E-state index contributed by atoms with van der Waals surface area (Å²) in [5.74, 6) is 1.27. The number of aliphatic imine (C=N–C) groups is 3. The Labute approximate surface area is 296 Å². The maximum atomic E-state index is 5.34. The van der Waals surface area contributed by atoms with Gasteiger partial charge in [-0.05, 0) is 51.1 Å². The first kappa shape index (κ1) is 29.3. The minimum atomic E-state index is -0.489. The molecule has 2 aliphatic rings. The third kappa shape index (κ3) is 4.43. The Morgan fingerprint density at radius 3 is 1.76 bits per heavy atom. The van der Waals surface area contributed by atoms with E-state index in [1.807, 2.05) is 36.4 Å². The second kappa shape index (κ2) is 11.7. The first-order valence-electron chi connectivity index (χ1n) is 17.4. The van der Waals surface area contributed by atoms with Crippen molar-refractivity contribution >= 4 is 39.3 Å². The number of fused-ring (bicyclic) bond motifs is 7. The average molecular weight is 653 g/mol. The zero-order valence-corrected chi connectivity index (χ0v) is 27.8. The zero-order chi connectivity index (χ0) is 33.8. The van der Waals surface area contributed by atoms with Crippen molar-refractivity contribution in [2.45, 2.75) is 5.41 Å². The Morgan fingerprint density at radius 1 is 0.471 bits per heavy atom. The normalized spacial score (nSPS) is 14.7. The molecule has 0 saturated carbocycles. The number of aromatic nitrogens is 1. The highest BCUT2D eigenvalue weighted by molar-refractivity contribution is 6.24. The second-order valence-corrected chi connectivity index (χ2v) is 13.1. The Kier molecular flexibility index (Phi) is 6.75. The summed E-state index contributed by atoms with van der Waals surface area (Å²) in [6, 6.07) is 64.7. The SMILES string of the molecule is c1ccc(C2=NC(n3c4ccccc4c4c5c(ccc43)C(c3ccccc3)(c3ccccc3)c3ccccc3-5)=NC(c3ccccc3)=NC2)cc1. The fraction of sp³-hybridized carbons (Fsp3) is 0.0426. The summed E-state index contributed by atoms with van der Waals surface area (Å²) in [5, 5.41) is 2.36. The molecule has 8 aromatic rings.